The van der Waals surface area contributed by atoms with E-state index in [2.05, 4.69) is 20.2 Å². The predicted molar refractivity (Wildman–Crippen MR) is 73.1 cm³/mol. The zero-order valence-electron chi connectivity index (χ0n) is 12.3. The van der Waals surface area contributed by atoms with Crippen molar-refractivity contribution >= 4 is 5.91 Å². The SMILES string of the molecule is CC(C)C(=O)NCc1nc(-c2ccc(OC(F)(F)F)cc2)no1. The highest BCUT2D eigenvalue weighted by atomic mass is 19.4. The summed E-state index contributed by atoms with van der Waals surface area (Å²) < 4.78 is 45.0. The summed E-state index contributed by atoms with van der Waals surface area (Å²) in [6.45, 7) is 3.58. The molecule has 0 bridgehead atoms. The summed E-state index contributed by atoms with van der Waals surface area (Å²) in [4.78, 5) is 15.5. The number of amides is 1. The highest BCUT2D eigenvalue weighted by Gasteiger charge is 2.31. The summed E-state index contributed by atoms with van der Waals surface area (Å²) in [5.41, 5.74) is 0.463. The lowest BCUT2D eigenvalue weighted by Crippen LogP contribution is -2.27. The summed E-state index contributed by atoms with van der Waals surface area (Å²) in [7, 11) is 0. The second-order valence-corrected chi connectivity index (χ2v) is 4.96. The summed E-state index contributed by atoms with van der Waals surface area (Å²) in [5.74, 6) is -0.256. The summed E-state index contributed by atoms with van der Waals surface area (Å²) in [6, 6.07) is 5.06. The molecule has 23 heavy (non-hydrogen) atoms. The molecule has 0 aliphatic heterocycles. The molecule has 0 fully saturated rings. The molecule has 1 aromatic heterocycles. The zero-order chi connectivity index (χ0) is 17.0. The van der Waals surface area contributed by atoms with E-state index in [1.165, 1.54) is 12.1 Å². The van der Waals surface area contributed by atoms with Crippen molar-refractivity contribution in [2.24, 2.45) is 5.92 Å². The Morgan fingerprint density at radius 1 is 1.30 bits per heavy atom. The van der Waals surface area contributed by atoms with Crippen molar-refractivity contribution in [3.63, 3.8) is 0 Å². The highest BCUT2D eigenvalue weighted by Crippen LogP contribution is 2.25. The van der Waals surface area contributed by atoms with Crippen LogP contribution < -0.4 is 10.1 Å². The van der Waals surface area contributed by atoms with E-state index in [0.29, 0.717) is 5.56 Å². The van der Waals surface area contributed by atoms with Crippen LogP contribution in [0.2, 0.25) is 0 Å². The van der Waals surface area contributed by atoms with Gasteiger partial charge in [-0.1, -0.05) is 19.0 Å². The molecule has 1 N–H and O–H groups in total. The van der Waals surface area contributed by atoms with Gasteiger partial charge in [-0.15, -0.1) is 13.2 Å². The van der Waals surface area contributed by atoms with Crippen molar-refractivity contribution in [2.75, 3.05) is 0 Å². The molecule has 0 aliphatic rings. The maximum absolute atomic E-state index is 12.1. The third kappa shape index (κ3) is 4.97. The molecule has 2 aromatic rings. The zero-order valence-corrected chi connectivity index (χ0v) is 12.3. The van der Waals surface area contributed by atoms with Gasteiger partial charge in [0.05, 0.1) is 6.54 Å². The fraction of sp³-hybridized carbons (Fsp3) is 0.357. The largest absolute Gasteiger partial charge is 0.573 e. The number of hydrogen-bond acceptors (Lipinski definition) is 5. The molecule has 6 nitrogen and oxygen atoms in total. The minimum atomic E-state index is -4.74. The second-order valence-electron chi connectivity index (χ2n) is 4.96. The quantitative estimate of drug-likeness (QED) is 0.912. The molecule has 1 heterocycles. The Hall–Kier alpha value is -2.58. The fourth-order valence-corrected chi connectivity index (χ4v) is 1.62. The first-order valence-corrected chi connectivity index (χ1v) is 6.71. The number of carbonyl (C=O) groups excluding carboxylic acids is 1. The van der Waals surface area contributed by atoms with Gasteiger partial charge in [0.15, 0.2) is 0 Å². The van der Waals surface area contributed by atoms with Crippen LogP contribution in [0.5, 0.6) is 5.75 Å². The summed E-state index contributed by atoms with van der Waals surface area (Å²) >= 11 is 0. The van der Waals surface area contributed by atoms with Crippen LogP contribution in [0.25, 0.3) is 11.4 Å². The van der Waals surface area contributed by atoms with E-state index in [1.54, 1.807) is 13.8 Å². The van der Waals surface area contributed by atoms with Crippen molar-refractivity contribution in [1.82, 2.24) is 15.5 Å². The van der Waals surface area contributed by atoms with Crippen LogP contribution >= 0.6 is 0 Å². The lowest BCUT2D eigenvalue weighted by Gasteiger charge is -2.08. The smallest absolute Gasteiger partial charge is 0.406 e. The maximum Gasteiger partial charge on any atom is 0.573 e. The van der Waals surface area contributed by atoms with Gasteiger partial charge in [-0.05, 0) is 24.3 Å². The number of nitrogens with zero attached hydrogens (tertiary/aromatic N) is 2. The number of nitrogens with one attached hydrogen (secondary N) is 1. The molecule has 0 aliphatic carbocycles. The molecule has 124 valence electrons. The van der Waals surface area contributed by atoms with Gasteiger partial charge in [-0.25, -0.2) is 0 Å². The van der Waals surface area contributed by atoms with Crippen molar-refractivity contribution in [1.29, 1.82) is 0 Å². The first-order valence-electron chi connectivity index (χ1n) is 6.71. The normalized spacial score (nSPS) is 11.6. The van der Waals surface area contributed by atoms with Gasteiger partial charge < -0.3 is 14.6 Å². The van der Waals surface area contributed by atoms with E-state index in [9.17, 15) is 18.0 Å². The molecule has 0 unspecified atom stereocenters. The van der Waals surface area contributed by atoms with Crippen LogP contribution in [0.1, 0.15) is 19.7 Å². The Labute approximate surface area is 129 Å². The fourth-order valence-electron chi connectivity index (χ4n) is 1.62. The molecule has 2 rings (SSSR count). The van der Waals surface area contributed by atoms with Gasteiger partial charge in [0, 0.05) is 11.5 Å². The Morgan fingerprint density at radius 2 is 1.96 bits per heavy atom. The Balaban J connectivity index is 2.01. The second kappa shape index (κ2) is 6.67. The van der Waals surface area contributed by atoms with Gasteiger partial charge in [0.2, 0.25) is 17.6 Å². The number of hydrogen-bond donors (Lipinski definition) is 1. The van der Waals surface area contributed by atoms with Gasteiger partial charge in [-0.2, -0.15) is 4.98 Å². The molecular weight excluding hydrogens is 315 g/mol. The number of benzene rings is 1. The Morgan fingerprint density at radius 3 is 2.52 bits per heavy atom. The molecule has 0 saturated carbocycles. The average Bonchev–Trinajstić information content (AvgIpc) is 2.92. The molecule has 9 heteroatoms. The summed E-state index contributed by atoms with van der Waals surface area (Å²) in [6.07, 6.45) is -4.74. The molecule has 0 radical (unpaired) electrons. The minimum absolute atomic E-state index is 0.0826. The van der Waals surface area contributed by atoms with Gasteiger partial charge in [0.25, 0.3) is 0 Å². The van der Waals surface area contributed by atoms with Crippen LogP contribution in [-0.4, -0.2) is 22.4 Å². The van der Waals surface area contributed by atoms with Crippen LogP contribution in [-0.2, 0) is 11.3 Å². The topological polar surface area (TPSA) is 77.2 Å². The van der Waals surface area contributed by atoms with Crippen molar-refractivity contribution in [2.45, 2.75) is 26.8 Å². The minimum Gasteiger partial charge on any atom is -0.406 e. The number of ether oxygens (including phenoxy) is 1. The number of aromatic nitrogens is 2. The lowest BCUT2D eigenvalue weighted by atomic mass is 10.2. The maximum atomic E-state index is 12.1. The van der Waals surface area contributed by atoms with E-state index in [1.807, 2.05) is 0 Å². The van der Waals surface area contributed by atoms with Crippen molar-refractivity contribution < 1.29 is 27.2 Å². The molecule has 0 atom stereocenters. The number of alkyl halides is 3. The number of rotatable bonds is 5. The van der Waals surface area contributed by atoms with Gasteiger partial charge >= 0.3 is 6.36 Å². The van der Waals surface area contributed by atoms with Gasteiger partial charge in [-0.3, -0.25) is 4.79 Å². The molecule has 0 saturated heterocycles. The third-order valence-electron chi connectivity index (χ3n) is 2.75. The lowest BCUT2D eigenvalue weighted by molar-refractivity contribution is -0.274. The molecule has 1 aromatic carbocycles. The Kier molecular flexibility index (Phi) is 4.87. The molecule has 0 spiro atoms. The third-order valence-corrected chi connectivity index (χ3v) is 2.75. The van der Waals surface area contributed by atoms with E-state index >= 15 is 0 Å². The van der Waals surface area contributed by atoms with E-state index in [0.717, 1.165) is 12.1 Å². The number of carbonyl (C=O) groups is 1. The first kappa shape index (κ1) is 16.8. The van der Waals surface area contributed by atoms with Gasteiger partial charge in [0.1, 0.15) is 5.75 Å². The number of halogens is 3. The van der Waals surface area contributed by atoms with Crippen LogP contribution in [0.15, 0.2) is 28.8 Å². The van der Waals surface area contributed by atoms with Crippen LogP contribution in [0.4, 0.5) is 13.2 Å². The van der Waals surface area contributed by atoms with E-state index < -0.39 is 6.36 Å². The van der Waals surface area contributed by atoms with E-state index in [4.69, 9.17) is 4.52 Å². The van der Waals surface area contributed by atoms with E-state index in [-0.39, 0.29) is 35.8 Å². The molecule has 1 amide bonds. The standard InChI is InChI=1S/C14H14F3N3O3/c1-8(2)13(21)18-7-11-19-12(20-23-11)9-3-5-10(6-4-9)22-14(15,16)17/h3-6,8H,7H2,1-2H3,(H,18,21). The highest BCUT2D eigenvalue weighted by molar-refractivity contribution is 5.77. The predicted octanol–water partition coefficient (Wildman–Crippen LogP) is 2.91. The monoisotopic (exact) mass is 329 g/mol. The first-order chi connectivity index (χ1) is 10.7. The van der Waals surface area contributed by atoms with Crippen molar-refractivity contribution in [3.05, 3.63) is 30.2 Å². The van der Waals surface area contributed by atoms with Crippen LogP contribution in [0, 0.1) is 5.92 Å². The Bertz CT molecular complexity index is 666. The van der Waals surface area contributed by atoms with Crippen LogP contribution in [0.3, 0.4) is 0 Å². The average molecular weight is 329 g/mol. The van der Waals surface area contributed by atoms with Crippen molar-refractivity contribution in [3.8, 4) is 17.1 Å². The molecular formula is C14H14F3N3O3. The summed E-state index contributed by atoms with van der Waals surface area (Å²) in [5, 5.41) is 6.33.